The fraction of sp³-hybridized carbons (Fsp3) is 0.500. The Kier molecular flexibility index (Phi) is 5.22. The van der Waals surface area contributed by atoms with Crippen molar-refractivity contribution in [3.8, 4) is 0 Å². The van der Waals surface area contributed by atoms with E-state index in [4.69, 9.17) is 0 Å². The van der Waals surface area contributed by atoms with Gasteiger partial charge in [0, 0.05) is 50.8 Å². The van der Waals surface area contributed by atoms with Crippen LogP contribution >= 0.6 is 0 Å². The van der Waals surface area contributed by atoms with Gasteiger partial charge in [0.1, 0.15) is 5.82 Å². The van der Waals surface area contributed by atoms with Crippen LogP contribution in [0, 0.1) is 11.7 Å². The lowest BCUT2D eigenvalue weighted by Gasteiger charge is -2.34. The predicted octanol–water partition coefficient (Wildman–Crippen LogP) is 1.12. The number of carbonyl (C=O) groups excluding carboxylic acids is 1. The first-order valence-electron chi connectivity index (χ1n) is 9.57. The molecule has 2 fully saturated rings. The second-order valence-corrected chi connectivity index (χ2v) is 7.58. The summed E-state index contributed by atoms with van der Waals surface area (Å²) in [5.74, 6) is 0.0748. The van der Waals surface area contributed by atoms with Crippen molar-refractivity contribution in [3.05, 3.63) is 53.6 Å². The maximum Gasteiger partial charge on any atom is 0.225 e. The second-order valence-electron chi connectivity index (χ2n) is 7.58. The van der Waals surface area contributed by atoms with Crippen molar-refractivity contribution in [1.29, 1.82) is 0 Å². The third kappa shape index (κ3) is 3.89. The monoisotopic (exact) mass is 371 g/mol. The molecule has 3 heterocycles. The van der Waals surface area contributed by atoms with Crippen LogP contribution in [0.25, 0.3) is 0 Å². The summed E-state index contributed by atoms with van der Waals surface area (Å²) in [6, 6.07) is 6.66. The van der Waals surface area contributed by atoms with Gasteiger partial charge in [-0.05, 0) is 36.2 Å². The lowest BCUT2D eigenvalue weighted by atomic mass is 9.84. The highest BCUT2D eigenvalue weighted by atomic mass is 19.1. The molecule has 0 bridgehead atoms. The Labute approximate surface area is 158 Å². The van der Waals surface area contributed by atoms with Crippen LogP contribution in [0.2, 0.25) is 0 Å². The van der Waals surface area contributed by atoms with Crippen LogP contribution in [0.5, 0.6) is 0 Å². The van der Waals surface area contributed by atoms with Gasteiger partial charge >= 0.3 is 0 Å². The van der Waals surface area contributed by atoms with Crippen molar-refractivity contribution in [2.45, 2.75) is 24.3 Å². The van der Waals surface area contributed by atoms with E-state index in [9.17, 15) is 9.18 Å². The molecule has 0 radical (unpaired) electrons. The number of halogens is 1. The average Bonchev–Trinajstić information content (AvgIpc) is 3.32. The molecule has 1 aromatic heterocycles. The van der Waals surface area contributed by atoms with E-state index in [0.29, 0.717) is 6.54 Å². The minimum atomic E-state index is -0.232. The summed E-state index contributed by atoms with van der Waals surface area (Å²) < 4.78 is 15.1. The molecular weight excluding hydrogens is 345 g/mol. The second kappa shape index (κ2) is 7.78. The third-order valence-electron chi connectivity index (χ3n) is 5.81. The molecule has 7 heteroatoms. The van der Waals surface area contributed by atoms with Gasteiger partial charge in [-0.2, -0.15) is 5.10 Å². The highest BCUT2D eigenvalue weighted by molar-refractivity contribution is 5.81. The highest BCUT2D eigenvalue weighted by Gasteiger charge is 2.37. The van der Waals surface area contributed by atoms with Crippen LogP contribution in [-0.4, -0.2) is 47.9 Å². The summed E-state index contributed by atoms with van der Waals surface area (Å²) in [6.45, 7) is 3.09. The Morgan fingerprint density at radius 1 is 1.15 bits per heavy atom. The van der Waals surface area contributed by atoms with E-state index < -0.39 is 0 Å². The van der Waals surface area contributed by atoms with Gasteiger partial charge in [-0.15, -0.1) is 0 Å². The molecule has 4 rings (SSSR count). The Morgan fingerprint density at radius 2 is 1.96 bits per heavy atom. The van der Waals surface area contributed by atoms with Crippen LogP contribution in [-0.2, 0) is 11.8 Å². The van der Waals surface area contributed by atoms with E-state index in [2.05, 4.69) is 21.0 Å². The number of carbonyl (C=O) groups is 1. The highest BCUT2D eigenvalue weighted by Crippen LogP contribution is 2.30. The molecule has 0 aliphatic carbocycles. The van der Waals surface area contributed by atoms with E-state index in [1.807, 2.05) is 31.6 Å². The molecule has 2 aliphatic heterocycles. The van der Waals surface area contributed by atoms with Crippen molar-refractivity contribution >= 4 is 5.91 Å². The quantitative estimate of drug-likeness (QED) is 0.753. The van der Waals surface area contributed by atoms with E-state index in [-0.39, 0.29) is 35.5 Å². The van der Waals surface area contributed by atoms with Crippen molar-refractivity contribution in [3.63, 3.8) is 0 Å². The fourth-order valence-corrected chi connectivity index (χ4v) is 4.34. The molecule has 6 nitrogen and oxygen atoms in total. The number of piperidine rings is 1. The topological polar surface area (TPSA) is 71.0 Å². The number of amides is 1. The third-order valence-corrected chi connectivity index (χ3v) is 5.81. The van der Waals surface area contributed by atoms with Crippen molar-refractivity contribution < 1.29 is 9.18 Å². The largest absolute Gasteiger partial charge is 0.351 e. The number of nitrogens with zero attached hydrogens (tertiary/aromatic N) is 2. The summed E-state index contributed by atoms with van der Waals surface area (Å²) in [6.07, 6.45) is 4.76. The molecule has 0 saturated carbocycles. The Hall–Kier alpha value is -2.25. The summed E-state index contributed by atoms with van der Waals surface area (Å²) in [7, 11) is 1.89. The fourth-order valence-electron chi connectivity index (χ4n) is 4.34. The molecule has 2 saturated heterocycles. The van der Waals surface area contributed by atoms with Crippen LogP contribution in [0.1, 0.15) is 29.4 Å². The first kappa shape index (κ1) is 18.1. The van der Waals surface area contributed by atoms with Crippen LogP contribution in [0.15, 0.2) is 36.7 Å². The average molecular weight is 371 g/mol. The van der Waals surface area contributed by atoms with E-state index in [1.165, 1.54) is 12.1 Å². The molecule has 0 spiro atoms. The summed E-state index contributed by atoms with van der Waals surface area (Å²) in [4.78, 5) is 13.1. The molecule has 1 amide bonds. The molecule has 2 aromatic rings. The number of hydrogen-bond donors (Lipinski definition) is 3. The standard InChI is InChI=1S/C20H26FN5O/c1-26-12-14(8-24-26)17-9-23-10-18(17)20(27)25-19-11-22-7-6-16(19)13-2-4-15(21)5-3-13/h2-5,8,12,16-19,22-23H,6-7,9-11H2,1H3,(H,25,27)/t16?,17-,18+,19?/m1/s1. The van der Waals surface area contributed by atoms with Crippen molar-refractivity contribution in [1.82, 2.24) is 25.7 Å². The Morgan fingerprint density at radius 3 is 2.70 bits per heavy atom. The molecule has 2 unspecified atom stereocenters. The Bertz CT molecular complexity index is 790. The number of aromatic nitrogens is 2. The van der Waals surface area contributed by atoms with Gasteiger partial charge in [0.15, 0.2) is 0 Å². The van der Waals surface area contributed by atoms with Gasteiger partial charge in [-0.25, -0.2) is 4.39 Å². The van der Waals surface area contributed by atoms with Gasteiger partial charge in [-0.3, -0.25) is 9.48 Å². The minimum Gasteiger partial charge on any atom is -0.351 e. The normalized spacial score (nSPS) is 28.2. The SMILES string of the molecule is Cn1cc([C@H]2CNC[C@@H]2C(=O)NC2CNCCC2c2ccc(F)cc2)cn1. The molecule has 2 aliphatic rings. The van der Waals surface area contributed by atoms with E-state index in [0.717, 1.165) is 37.2 Å². The summed E-state index contributed by atoms with van der Waals surface area (Å²) >= 11 is 0. The van der Waals surface area contributed by atoms with Crippen LogP contribution in [0.3, 0.4) is 0 Å². The number of rotatable bonds is 4. The molecule has 27 heavy (non-hydrogen) atoms. The van der Waals surface area contributed by atoms with Gasteiger partial charge in [0.25, 0.3) is 0 Å². The zero-order valence-electron chi connectivity index (χ0n) is 15.5. The number of aryl methyl sites for hydroxylation is 1. The van der Waals surface area contributed by atoms with E-state index >= 15 is 0 Å². The van der Waals surface area contributed by atoms with Gasteiger partial charge in [0.05, 0.1) is 12.1 Å². The molecular formula is C20H26FN5O. The maximum atomic E-state index is 13.3. The first-order valence-corrected chi connectivity index (χ1v) is 9.57. The van der Waals surface area contributed by atoms with Crippen molar-refractivity contribution in [2.75, 3.05) is 26.2 Å². The number of benzene rings is 1. The van der Waals surface area contributed by atoms with Gasteiger partial charge in [-0.1, -0.05) is 12.1 Å². The first-order chi connectivity index (χ1) is 13.1. The maximum absolute atomic E-state index is 13.3. The number of nitrogens with one attached hydrogen (secondary N) is 3. The lowest BCUT2D eigenvalue weighted by molar-refractivity contribution is -0.125. The van der Waals surface area contributed by atoms with Gasteiger partial charge in [0.2, 0.25) is 5.91 Å². The predicted molar refractivity (Wildman–Crippen MR) is 101 cm³/mol. The molecule has 1 aromatic carbocycles. The van der Waals surface area contributed by atoms with Crippen LogP contribution < -0.4 is 16.0 Å². The zero-order chi connectivity index (χ0) is 18.8. The van der Waals surface area contributed by atoms with E-state index in [1.54, 1.807) is 4.68 Å². The van der Waals surface area contributed by atoms with Crippen LogP contribution in [0.4, 0.5) is 4.39 Å². The smallest absolute Gasteiger partial charge is 0.225 e. The Balaban J connectivity index is 1.47. The summed E-state index contributed by atoms with van der Waals surface area (Å²) in [5.41, 5.74) is 2.18. The molecule has 4 atom stereocenters. The minimum absolute atomic E-state index is 0.00635. The zero-order valence-corrected chi connectivity index (χ0v) is 15.5. The molecule has 3 N–H and O–H groups in total. The lowest BCUT2D eigenvalue weighted by Crippen LogP contribution is -2.52. The summed E-state index contributed by atoms with van der Waals surface area (Å²) in [5, 5.41) is 14.2. The number of hydrogen-bond acceptors (Lipinski definition) is 4. The van der Waals surface area contributed by atoms with Crippen molar-refractivity contribution in [2.24, 2.45) is 13.0 Å². The van der Waals surface area contributed by atoms with Gasteiger partial charge < -0.3 is 16.0 Å². The molecule has 144 valence electrons.